The Kier molecular flexibility index (Phi) is 5.87. The SMILES string of the molecule is Cc1n(CC(=O)Nc2ccc(Cl)cc2Cl)cc[n+]1C.[Cl-]. The van der Waals surface area contributed by atoms with Crippen LogP contribution in [0.15, 0.2) is 30.6 Å². The van der Waals surface area contributed by atoms with Crippen molar-refractivity contribution in [2.45, 2.75) is 13.5 Å². The van der Waals surface area contributed by atoms with Crippen molar-refractivity contribution in [1.29, 1.82) is 0 Å². The predicted octanol–water partition coefficient (Wildman–Crippen LogP) is -0.429. The minimum atomic E-state index is -0.136. The Labute approximate surface area is 133 Å². The number of imidazole rings is 1. The number of anilines is 1. The third-order valence-electron chi connectivity index (χ3n) is 2.92. The first kappa shape index (κ1) is 16.8. The largest absolute Gasteiger partial charge is 1.00 e. The molecule has 0 bridgehead atoms. The zero-order valence-electron chi connectivity index (χ0n) is 11.0. The molecule has 1 heterocycles. The van der Waals surface area contributed by atoms with Crippen molar-refractivity contribution in [2.24, 2.45) is 7.05 Å². The average molecular weight is 335 g/mol. The van der Waals surface area contributed by atoms with Crippen molar-refractivity contribution >= 4 is 34.8 Å². The topological polar surface area (TPSA) is 37.9 Å². The second kappa shape index (κ2) is 6.97. The molecule has 1 aromatic heterocycles. The maximum Gasteiger partial charge on any atom is 0.266 e. The van der Waals surface area contributed by atoms with E-state index in [1.807, 2.05) is 35.5 Å². The van der Waals surface area contributed by atoms with Crippen LogP contribution in [0.3, 0.4) is 0 Å². The molecule has 0 fully saturated rings. The minimum Gasteiger partial charge on any atom is -1.00 e. The normalized spacial score (nSPS) is 10.0. The molecule has 2 rings (SSSR count). The summed E-state index contributed by atoms with van der Waals surface area (Å²) >= 11 is 11.8. The molecule has 1 N–H and O–H groups in total. The van der Waals surface area contributed by atoms with E-state index >= 15 is 0 Å². The molecule has 0 unspecified atom stereocenters. The molecule has 0 spiro atoms. The molecule has 20 heavy (non-hydrogen) atoms. The summed E-state index contributed by atoms with van der Waals surface area (Å²) in [5.74, 6) is 0.862. The van der Waals surface area contributed by atoms with Gasteiger partial charge in [0.25, 0.3) is 11.7 Å². The second-order valence-corrected chi connectivity index (χ2v) is 5.10. The van der Waals surface area contributed by atoms with Crippen LogP contribution in [-0.4, -0.2) is 10.5 Å². The fraction of sp³-hybridized carbons (Fsp3) is 0.231. The monoisotopic (exact) mass is 333 g/mol. The van der Waals surface area contributed by atoms with Gasteiger partial charge >= 0.3 is 0 Å². The Morgan fingerprint density at radius 1 is 1.40 bits per heavy atom. The molecule has 0 saturated heterocycles. The highest BCUT2D eigenvalue weighted by Crippen LogP contribution is 2.25. The molecule has 0 saturated carbocycles. The first-order valence-electron chi connectivity index (χ1n) is 5.73. The van der Waals surface area contributed by atoms with Crippen molar-refractivity contribution in [3.8, 4) is 0 Å². The standard InChI is InChI=1S/C13H13Cl2N3O.ClH/c1-9-17(2)5-6-18(9)8-13(19)16-12-4-3-10(14)7-11(12)15;/h3-7H,8H2,1-2H3;1H. The first-order chi connectivity index (χ1) is 8.97. The van der Waals surface area contributed by atoms with Crippen LogP contribution in [0.2, 0.25) is 10.0 Å². The van der Waals surface area contributed by atoms with Crippen LogP contribution in [0, 0.1) is 6.92 Å². The van der Waals surface area contributed by atoms with Crippen LogP contribution < -0.4 is 22.3 Å². The third-order valence-corrected chi connectivity index (χ3v) is 3.46. The zero-order valence-corrected chi connectivity index (χ0v) is 13.3. The van der Waals surface area contributed by atoms with Gasteiger partial charge < -0.3 is 17.7 Å². The number of carbonyl (C=O) groups excluding carboxylic acids is 1. The van der Waals surface area contributed by atoms with Gasteiger partial charge in [0.15, 0.2) is 6.54 Å². The van der Waals surface area contributed by atoms with Gasteiger partial charge in [0.2, 0.25) is 0 Å². The van der Waals surface area contributed by atoms with E-state index in [4.69, 9.17) is 23.2 Å². The Morgan fingerprint density at radius 3 is 2.65 bits per heavy atom. The van der Waals surface area contributed by atoms with Crippen molar-refractivity contribution in [1.82, 2.24) is 4.57 Å². The van der Waals surface area contributed by atoms with Gasteiger partial charge in [-0.1, -0.05) is 23.2 Å². The van der Waals surface area contributed by atoms with Gasteiger partial charge in [-0.25, -0.2) is 9.13 Å². The number of rotatable bonds is 3. The molecule has 0 aliphatic rings. The number of hydrogen-bond donors (Lipinski definition) is 1. The maximum absolute atomic E-state index is 11.9. The number of aromatic nitrogens is 2. The third kappa shape index (κ3) is 3.88. The number of amides is 1. The van der Waals surface area contributed by atoms with Gasteiger partial charge in [0, 0.05) is 11.9 Å². The molecular formula is C13H14Cl3N3O. The maximum atomic E-state index is 11.9. The van der Waals surface area contributed by atoms with Crippen molar-refractivity contribution in [2.75, 3.05) is 5.32 Å². The van der Waals surface area contributed by atoms with Crippen LogP contribution in [0.4, 0.5) is 5.69 Å². The van der Waals surface area contributed by atoms with E-state index in [0.29, 0.717) is 15.7 Å². The number of nitrogens with one attached hydrogen (secondary N) is 1. The van der Waals surface area contributed by atoms with Gasteiger partial charge in [-0.15, -0.1) is 0 Å². The van der Waals surface area contributed by atoms with E-state index in [2.05, 4.69) is 5.32 Å². The molecule has 2 aromatic rings. The number of hydrogen-bond acceptors (Lipinski definition) is 1. The van der Waals surface area contributed by atoms with Gasteiger partial charge in [-0.3, -0.25) is 4.79 Å². The summed E-state index contributed by atoms with van der Waals surface area (Å²) in [7, 11) is 1.93. The van der Waals surface area contributed by atoms with E-state index in [-0.39, 0.29) is 24.9 Å². The number of nitrogens with zero attached hydrogens (tertiary/aromatic N) is 2. The lowest BCUT2D eigenvalue weighted by molar-refractivity contribution is -0.677. The Bertz CT molecular complexity index is 625. The summed E-state index contributed by atoms with van der Waals surface area (Å²) < 4.78 is 3.81. The van der Waals surface area contributed by atoms with Crippen LogP contribution in [-0.2, 0) is 18.4 Å². The van der Waals surface area contributed by atoms with Crippen LogP contribution in [0.5, 0.6) is 0 Å². The van der Waals surface area contributed by atoms with Gasteiger partial charge in [-0.05, 0) is 18.2 Å². The number of benzene rings is 1. The highest BCUT2D eigenvalue weighted by molar-refractivity contribution is 6.36. The molecule has 1 aromatic carbocycles. The van der Waals surface area contributed by atoms with Crippen LogP contribution in [0.25, 0.3) is 0 Å². The van der Waals surface area contributed by atoms with Gasteiger partial charge in [-0.2, -0.15) is 0 Å². The Hall–Kier alpha value is -1.23. The van der Waals surface area contributed by atoms with Crippen LogP contribution >= 0.6 is 23.2 Å². The summed E-state index contributed by atoms with van der Waals surface area (Å²) in [6.45, 7) is 2.19. The van der Waals surface area contributed by atoms with Crippen molar-refractivity contribution in [3.63, 3.8) is 0 Å². The summed E-state index contributed by atoms with van der Waals surface area (Å²) in [5.41, 5.74) is 0.560. The van der Waals surface area contributed by atoms with Crippen molar-refractivity contribution in [3.05, 3.63) is 46.5 Å². The lowest BCUT2D eigenvalue weighted by Gasteiger charge is -2.06. The highest BCUT2D eigenvalue weighted by Gasteiger charge is 2.14. The Balaban J connectivity index is 0.00000200. The molecule has 1 amide bonds. The van der Waals surface area contributed by atoms with Gasteiger partial charge in [0.1, 0.15) is 12.4 Å². The molecule has 0 atom stereocenters. The summed E-state index contributed by atoms with van der Waals surface area (Å²) in [4.78, 5) is 11.9. The fourth-order valence-corrected chi connectivity index (χ4v) is 2.16. The van der Waals surface area contributed by atoms with Gasteiger partial charge in [0.05, 0.1) is 17.8 Å². The van der Waals surface area contributed by atoms with Crippen molar-refractivity contribution < 1.29 is 21.8 Å². The molecular weight excluding hydrogens is 321 g/mol. The summed E-state index contributed by atoms with van der Waals surface area (Å²) in [5, 5.41) is 3.73. The lowest BCUT2D eigenvalue weighted by atomic mass is 10.3. The molecule has 108 valence electrons. The quantitative estimate of drug-likeness (QED) is 0.760. The summed E-state index contributed by atoms with van der Waals surface area (Å²) in [6.07, 6.45) is 3.76. The minimum absolute atomic E-state index is 0. The average Bonchev–Trinajstić information content (AvgIpc) is 2.65. The molecule has 0 aliphatic heterocycles. The number of carbonyl (C=O) groups is 1. The molecule has 4 nitrogen and oxygen atoms in total. The number of aryl methyl sites for hydroxylation is 1. The van der Waals surface area contributed by atoms with E-state index in [0.717, 1.165) is 5.82 Å². The Morgan fingerprint density at radius 2 is 2.10 bits per heavy atom. The number of halogens is 3. The molecule has 0 radical (unpaired) electrons. The van der Waals surface area contributed by atoms with E-state index < -0.39 is 0 Å². The lowest BCUT2D eigenvalue weighted by Crippen LogP contribution is -3.00. The predicted molar refractivity (Wildman–Crippen MR) is 75.4 cm³/mol. The summed E-state index contributed by atoms with van der Waals surface area (Å²) in [6, 6.07) is 4.97. The second-order valence-electron chi connectivity index (χ2n) is 4.26. The van der Waals surface area contributed by atoms with E-state index in [9.17, 15) is 4.79 Å². The van der Waals surface area contributed by atoms with Crippen LogP contribution in [0.1, 0.15) is 5.82 Å². The van der Waals surface area contributed by atoms with E-state index in [1.54, 1.807) is 18.2 Å². The zero-order chi connectivity index (χ0) is 14.0. The molecule has 7 heteroatoms. The highest BCUT2D eigenvalue weighted by atomic mass is 35.5. The first-order valence-corrected chi connectivity index (χ1v) is 6.49. The smallest absolute Gasteiger partial charge is 0.266 e. The molecule has 0 aliphatic carbocycles. The fourth-order valence-electron chi connectivity index (χ4n) is 1.70. The van der Waals surface area contributed by atoms with E-state index in [1.165, 1.54) is 0 Å².